The van der Waals surface area contributed by atoms with E-state index in [1.165, 1.54) is 0 Å². The highest BCUT2D eigenvalue weighted by Crippen LogP contribution is 2.31. The van der Waals surface area contributed by atoms with E-state index in [4.69, 9.17) is 15.6 Å². The second-order valence-corrected chi connectivity index (χ2v) is 3.51. The number of hydrogen-bond acceptors (Lipinski definition) is 4. The van der Waals surface area contributed by atoms with Gasteiger partial charge in [0.25, 0.3) is 0 Å². The van der Waals surface area contributed by atoms with Crippen molar-refractivity contribution in [1.29, 1.82) is 0 Å². The van der Waals surface area contributed by atoms with Crippen molar-refractivity contribution in [3.05, 3.63) is 18.2 Å². The number of carboxylic acid groups (broad SMARTS) is 1. The molecular formula is C10H12N2O3. The number of aliphatic carboxylic acids is 1. The topological polar surface area (TPSA) is 84.6 Å². The number of hydrogen-bond donors (Lipinski definition) is 3. The summed E-state index contributed by atoms with van der Waals surface area (Å²) in [5.74, 6) is -0.130. The van der Waals surface area contributed by atoms with Gasteiger partial charge in [-0.05, 0) is 18.2 Å². The monoisotopic (exact) mass is 208 g/mol. The Labute approximate surface area is 86.8 Å². The molecule has 0 spiro atoms. The maximum Gasteiger partial charge on any atom is 0.305 e. The third-order valence-electron chi connectivity index (χ3n) is 2.22. The van der Waals surface area contributed by atoms with E-state index < -0.39 is 5.97 Å². The fourth-order valence-electron chi connectivity index (χ4n) is 1.56. The summed E-state index contributed by atoms with van der Waals surface area (Å²) in [6.45, 7) is 0.364. The zero-order valence-corrected chi connectivity index (χ0v) is 8.06. The van der Waals surface area contributed by atoms with Gasteiger partial charge in [0.15, 0.2) is 0 Å². The molecule has 2 rings (SSSR count). The molecule has 5 heteroatoms. The molecule has 4 N–H and O–H groups in total. The molecule has 0 bridgehead atoms. The summed E-state index contributed by atoms with van der Waals surface area (Å²) in [5.41, 5.74) is 7.00. The molecule has 1 aromatic carbocycles. The molecule has 0 aliphatic carbocycles. The van der Waals surface area contributed by atoms with Crippen molar-refractivity contribution in [2.75, 3.05) is 17.7 Å². The fourth-order valence-corrected chi connectivity index (χ4v) is 1.56. The Hall–Kier alpha value is -1.91. The van der Waals surface area contributed by atoms with E-state index in [-0.39, 0.29) is 12.5 Å². The van der Waals surface area contributed by atoms with E-state index >= 15 is 0 Å². The summed E-state index contributed by atoms with van der Waals surface area (Å²) in [6.07, 6.45) is 0.0360. The molecule has 0 amide bonds. The van der Waals surface area contributed by atoms with Crippen LogP contribution in [-0.4, -0.2) is 23.7 Å². The van der Waals surface area contributed by atoms with Crippen LogP contribution in [0.15, 0.2) is 18.2 Å². The fraction of sp³-hybridized carbons (Fsp3) is 0.300. The molecule has 5 nitrogen and oxygen atoms in total. The summed E-state index contributed by atoms with van der Waals surface area (Å²) < 4.78 is 5.41. The van der Waals surface area contributed by atoms with Crippen LogP contribution in [0.1, 0.15) is 6.42 Å². The second-order valence-electron chi connectivity index (χ2n) is 3.51. The van der Waals surface area contributed by atoms with Crippen molar-refractivity contribution in [1.82, 2.24) is 0 Å². The molecule has 0 saturated heterocycles. The summed E-state index contributed by atoms with van der Waals surface area (Å²) in [6, 6.07) is 5.06. The first-order chi connectivity index (χ1) is 7.15. The lowest BCUT2D eigenvalue weighted by atomic mass is 10.1. The van der Waals surface area contributed by atoms with Gasteiger partial charge >= 0.3 is 5.97 Å². The molecule has 1 atom stereocenters. The molecule has 1 heterocycles. The standard InChI is InChI=1S/C10H12N2O3/c11-6-1-2-9-8(3-6)12-7(5-15-9)4-10(13)14/h1-3,7,12H,4-5,11H2,(H,13,14). The molecular weight excluding hydrogens is 196 g/mol. The van der Waals surface area contributed by atoms with Crippen molar-refractivity contribution in [3.8, 4) is 5.75 Å². The first-order valence-corrected chi connectivity index (χ1v) is 4.66. The first kappa shape index (κ1) is 9.64. The highest BCUT2D eigenvalue weighted by Gasteiger charge is 2.20. The smallest absolute Gasteiger partial charge is 0.305 e. The van der Waals surface area contributed by atoms with Crippen LogP contribution < -0.4 is 15.8 Å². The Bertz CT molecular complexity index is 392. The van der Waals surface area contributed by atoms with E-state index in [9.17, 15) is 4.79 Å². The predicted molar refractivity (Wildman–Crippen MR) is 56.0 cm³/mol. The average molecular weight is 208 g/mol. The van der Waals surface area contributed by atoms with Gasteiger partial charge in [0.1, 0.15) is 12.4 Å². The number of carboxylic acids is 1. The van der Waals surface area contributed by atoms with E-state index in [2.05, 4.69) is 5.32 Å². The van der Waals surface area contributed by atoms with Gasteiger partial charge in [-0.2, -0.15) is 0 Å². The van der Waals surface area contributed by atoms with E-state index in [0.29, 0.717) is 18.0 Å². The maximum atomic E-state index is 10.5. The Kier molecular flexibility index (Phi) is 2.37. The summed E-state index contributed by atoms with van der Waals surface area (Å²) in [4.78, 5) is 10.5. The molecule has 1 aliphatic rings. The van der Waals surface area contributed by atoms with Crippen LogP contribution in [0.5, 0.6) is 5.75 Å². The van der Waals surface area contributed by atoms with Gasteiger partial charge in [-0.1, -0.05) is 0 Å². The van der Waals surface area contributed by atoms with E-state index in [1.807, 2.05) is 0 Å². The minimum Gasteiger partial charge on any atom is -0.489 e. The van der Waals surface area contributed by atoms with Crippen LogP contribution in [0.3, 0.4) is 0 Å². The first-order valence-electron chi connectivity index (χ1n) is 4.66. The van der Waals surface area contributed by atoms with Gasteiger partial charge in [-0.3, -0.25) is 4.79 Å². The molecule has 0 aromatic heterocycles. The molecule has 1 aromatic rings. The summed E-state index contributed by atoms with van der Waals surface area (Å²) in [5, 5.41) is 11.7. The minimum atomic E-state index is -0.844. The van der Waals surface area contributed by atoms with Crippen LogP contribution >= 0.6 is 0 Å². The normalized spacial score (nSPS) is 18.5. The Balaban J connectivity index is 2.14. The van der Waals surface area contributed by atoms with Crippen LogP contribution in [0, 0.1) is 0 Å². The SMILES string of the molecule is Nc1ccc2c(c1)NC(CC(=O)O)CO2. The van der Waals surface area contributed by atoms with E-state index in [1.54, 1.807) is 18.2 Å². The molecule has 0 radical (unpaired) electrons. The predicted octanol–water partition coefficient (Wildman–Crippen LogP) is 0.916. The number of rotatable bonds is 2. The molecule has 15 heavy (non-hydrogen) atoms. The third kappa shape index (κ3) is 2.12. The van der Waals surface area contributed by atoms with Gasteiger partial charge in [-0.25, -0.2) is 0 Å². The molecule has 0 fully saturated rings. The zero-order valence-electron chi connectivity index (χ0n) is 8.06. The van der Waals surface area contributed by atoms with Crippen molar-refractivity contribution >= 4 is 17.3 Å². The molecule has 1 unspecified atom stereocenters. The van der Waals surface area contributed by atoms with Crippen molar-refractivity contribution in [3.63, 3.8) is 0 Å². The number of nitrogens with one attached hydrogen (secondary N) is 1. The number of nitrogen functional groups attached to an aromatic ring is 1. The Morgan fingerprint density at radius 2 is 2.47 bits per heavy atom. The highest BCUT2D eigenvalue weighted by molar-refractivity contribution is 5.70. The number of anilines is 2. The zero-order chi connectivity index (χ0) is 10.8. The van der Waals surface area contributed by atoms with Gasteiger partial charge in [0.2, 0.25) is 0 Å². The van der Waals surface area contributed by atoms with Crippen molar-refractivity contribution in [2.45, 2.75) is 12.5 Å². The highest BCUT2D eigenvalue weighted by atomic mass is 16.5. The summed E-state index contributed by atoms with van der Waals surface area (Å²) in [7, 11) is 0. The lowest BCUT2D eigenvalue weighted by Gasteiger charge is -2.26. The number of ether oxygens (including phenoxy) is 1. The van der Waals surface area contributed by atoms with Crippen LogP contribution in [-0.2, 0) is 4.79 Å². The summed E-state index contributed by atoms with van der Waals surface area (Å²) >= 11 is 0. The molecule has 0 saturated carbocycles. The second kappa shape index (κ2) is 3.68. The van der Waals surface area contributed by atoms with Crippen LogP contribution in [0.25, 0.3) is 0 Å². The van der Waals surface area contributed by atoms with Crippen molar-refractivity contribution < 1.29 is 14.6 Å². The number of carbonyl (C=O) groups is 1. The number of fused-ring (bicyclic) bond motifs is 1. The molecule has 1 aliphatic heterocycles. The largest absolute Gasteiger partial charge is 0.489 e. The maximum absolute atomic E-state index is 10.5. The quantitative estimate of drug-likeness (QED) is 0.629. The van der Waals surface area contributed by atoms with Crippen LogP contribution in [0.2, 0.25) is 0 Å². The number of nitrogens with two attached hydrogens (primary N) is 1. The molecule has 80 valence electrons. The lowest BCUT2D eigenvalue weighted by molar-refractivity contribution is -0.137. The van der Waals surface area contributed by atoms with Crippen LogP contribution in [0.4, 0.5) is 11.4 Å². The number of benzene rings is 1. The van der Waals surface area contributed by atoms with Gasteiger partial charge in [0, 0.05) is 5.69 Å². The lowest BCUT2D eigenvalue weighted by Crippen LogP contribution is -2.33. The third-order valence-corrected chi connectivity index (χ3v) is 2.22. The van der Waals surface area contributed by atoms with Gasteiger partial charge in [-0.15, -0.1) is 0 Å². The minimum absolute atomic E-state index is 0.0360. The average Bonchev–Trinajstić information content (AvgIpc) is 2.16. The van der Waals surface area contributed by atoms with Gasteiger partial charge in [0.05, 0.1) is 18.2 Å². The van der Waals surface area contributed by atoms with Crippen molar-refractivity contribution in [2.24, 2.45) is 0 Å². The van der Waals surface area contributed by atoms with Gasteiger partial charge < -0.3 is 20.9 Å². The Morgan fingerprint density at radius 1 is 1.67 bits per heavy atom. The Morgan fingerprint density at radius 3 is 3.20 bits per heavy atom. The van der Waals surface area contributed by atoms with E-state index in [0.717, 1.165) is 5.69 Å².